The molecule has 2 aromatic heterocycles. The van der Waals surface area contributed by atoms with Gasteiger partial charge in [-0.15, -0.1) is 0 Å². The molecule has 0 saturated heterocycles. The maximum atomic E-state index is 7.13. The Morgan fingerprint density at radius 3 is 0.902 bits per heavy atom. The first-order valence-electron chi connectivity index (χ1n) is 17.7. The topological polar surface area (TPSA) is 52.6 Å². The highest BCUT2D eigenvalue weighted by Gasteiger charge is 2.38. The van der Waals surface area contributed by atoms with Gasteiger partial charge in [0.25, 0.3) is 0 Å². The average molecular weight is 699 g/mol. The van der Waals surface area contributed by atoms with E-state index < -0.39 is 16.0 Å². The van der Waals surface area contributed by atoms with Gasteiger partial charge in [0.1, 0.15) is 22.3 Å². The molecule has 10 aromatic rings. The summed E-state index contributed by atoms with van der Waals surface area (Å²) < 4.78 is 28.5. The molecule has 1 fully saturated rings. The zero-order valence-corrected chi connectivity index (χ0v) is 29.4. The van der Waals surface area contributed by atoms with Gasteiger partial charge < -0.3 is 16.8 Å². The molecule has 1 aliphatic rings. The summed E-state index contributed by atoms with van der Waals surface area (Å²) in [5.74, 6) is 0. The fourth-order valence-corrected chi connectivity index (χ4v) is 12.8. The molecule has 0 amide bonds. The maximum Gasteiger partial charge on any atom is 0.221 e. The van der Waals surface area contributed by atoms with E-state index in [0.717, 1.165) is 63.1 Å². The van der Waals surface area contributed by atoms with Crippen molar-refractivity contribution in [3.63, 3.8) is 0 Å². The van der Waals surface area contributed by atoms with Gasteiger partial charge in [-0.25, -0.2) is 0 Å². The number of hydrogen-bond acceptors (Lipinski definition) is 4. The fraction of sp³-hybridized carbons (Fsp3) is 0.111. The van der Waals surface area contributed by atoms with Crippen molar-refractivity contribution in [2.45, 2.75) is 30.6 Å². The lowest BCUT2D eigenvalue weighted by Crippen LogP contribution is -1.89. The molecular formula is C45H32O4P2. The summed E-state index contributed by atoms with van der Waals surface area (Å²) >= 11 is 0. The first-order valence-corrected chi connectivity index (χ1v) is 20.2. The first kappa shape index (κ1) is 29.3. The molecule has 8 aromatic carbocycles. The van der Waals surface area contributed by atoms with Crippen LogP contribution in [-0.4, -0.2) is 0 Å². The van der Waals surface area contributed by atoms with Crippen molar-refractivity contribution in [3.8, 4) is 0 Å². The fourth-order valence-electron chi connectivity index (χ4n) is 8.45. The molecule has 0 spiro atoms. The molecule has 0 bridgehead atoms. The van der Waals surface area contributed by atoms with Crippen molar-refractivity contribution in [1.29, 1.82) is 0 Å². The van der Waals surface area contributed by atoms with Gasteiger partial charge in [0, 0.05) is 21.5 Å². The Labute approximate surface area is 295 Å². The molecule has 2 heterocycles. The van der Waals surface area contributed by atoms with Gasteiger partial charge in [-0.2, -0.15) is 0 Å². The van der Waals surface area contributed by atoms with E-state index in [1.165, 1.54) is 43.1 Å². The highest BCUT2D eigenvalue weighted by molar-refractivity contribution is 7.42. The van der Waals surface area contributed by atoms with E-state index in [1.807, 2.05) is 0 Å². The van der Waals surface area contributed by atoms with Crippen LogP contribution in [0, 0.1) is 0 Å². The van der Waals surface area contributed by atoms with E-state index in [0.29, 0.717) is 0 Å². The maximum absolute atomic E-state index is 7.13. The summed E-state index contributed by atoms with van der Waals surface area (Å²) in [5, 5.41) is 13.8. The van der Waals surface area contributed by atoms with Gasteiger partial charge >= 0.3 is 0 Å². The monoisotopic (exact) mass is 698 g/mol. The highest BCUT2D eigenvalue weighted by Crippen LogP contribution is 2.64. The Balaban J connectivity index is 1.20. The minimum absolute atomic E-state index is 0.119. The molecule has 4 nitrogen and oxygen atoms in total. The van der Waals surface area contributed by atoms with Crippen molar-refractivity contribution in [3.05, 3.63) is 146 Å². The van der Waals surface area contributed by atoms with Crippen LogP contribution < -0.4 is 0 Å². The third kappa shape index (κ3) is 4.60. The lowest BCUT2D eigenvalue weighted by molar-refractivity contribution is 0.573. The van der Waals surface area contributed by atoms with Gasteiger partial charge in [0.15, 0.2) is 0 Å². The van der Waals surface area contributed by atoms with E-state index in [9.17, 15) is 0 Å². The molecule has 0 unspecified atom stereocenters. The Morgan fingerprint density at radius 2 is 0.608 bits per heavy atom. The number of hydrogen-bond donors (Lipinski definition) is 0. The second-order valence-corrected chi connectivity index (χ2v) is 16.8. The van der Waals surface area contributed by atoms with Crippen LogP contribution in [0.3, 0.4) is 0 Å². The summed E-state index contributed by atoms with van der Waals surface area (Å²) in [6.45, 7) is 0. The summed E-state index contributed by atoms with van der Waals surface area (Å²) in [6.07, 6.45) is 3.04. The van der Waals surface area contributed by atoms with Crippen LogP contribution in [0.4, 0.5) is 0 Å². The normalized spacial score (nSPS) is 16.4. The van der Waals surface area contributed by atoms with Crippen LogP contribution in [0.2, 0.25) is 0 Å². The second kappa shape index (κ2) is 11.6. The molecule has 51 heavy (non-hydrogen) atoms. The Morgan fingerprint density at radius 1 is 0.333 bits per heavy atom. The summed E-state index contributed by atoms with van der Waals surface area (Å²) in [4.78, 5) is 0. The Kier molecular flexibility index (Phi) is 6.66. The third-order valence-corrected chi connectivity index (χ3v) is 14.9. The SMILES string of the molecule is c1ccc2c(c1)ccc1op([C@H]3CCC[C@@H]3p3oc4ccc5ccccc5c4c4c(ccc5ccccc54)o3)oc3ccc4ccccc4c3c12. The van der Waals surface area contributed by atoms with Crippen molar-refractivity contribution >= 4 is 103 Å². The van der Waals surface area contributed by atoms with Gasteiger partial charge in [-0.3, -0.25) is 0 Å². The molecule has 0 radical (unpaired) electrons. The Bertz CT molecular complexity index is 2700. The molecule has 0 N–H and O–H groups in total. The van der Waals surface area contributed by atoms with E-state index in [-0.39, 0.29) is 11.3 Å². The smallest absolute Gasteiger partial charge is 0.221 e. The zero-order chi connectivity index (χ0) is 33.5. The van der Waals surface area contributed by atoms with Crippen LogP contribution in [0.5, 0.6) is 0 Å². The molecule has 0 aliphatic heterocycles. The minimum Gasteiger partial charge on any atom is -0.419 e. The third-order valence-electron chi connectivity index (χ3n) is 10.8. The van der Waals surface area contributed by atoms with Gasteiger partial charge in [-0.1, -0.05) is 128 Å². The van der Waals surface area contributed by atoms with Crippen LogP contribution in [0.15, 0.2) is 162 Å². The molecule has 2 atom stereocenters. The summed E-state index contributed by atoms with van der Waals surface area (Å²) in [6, 6.07) is 51.6. The largest absolute Gasteiger partial charge is 0.419 e. The van der Waals surface area contributed by atoms with Crippen molar-refractivity contribution in [2.24, 2.45) is 0 Å². The molecule has 246 valence electrons. The molecule has 1 aliphatic carbocycles. The van der Waals surface area contributed by atoms with Crippen LogP contribution in [0.1, 0.15) is 30.6 Å². The van der Waals surface area contributed by atoms with Crippen molar-refractivity contribution in [1.82, 2.24) is 0 Å². The minimum atomic E-state index is -1.39. The lowest BCUT2D eigenvalue weighted by atomic mass is 9.99. The number of rotatable bonds is 2. The van der Waals surface area contributed by atoms with Crippen LogP contribution in [0.25, 0.3) is 87.0 Å². The van der Waals surface area contributed by atoms with Crippen LogP contribution >= 0.6 is 16.0 Å². The number of fused-ring (bicyclic) bond motifs is 14. The van der Waals surface area contributed by atoms with Crippen LogP contribution in [-0.2, 0) is 0 Å². The molecular weight excluding hydrogens is 666 g/mol. The lowest BCUT2D eigenvalue weighted by Gasteiger charge is -2.14. The van der Waals surface area contributed by atoms with Crippen molar-refractivity contribution in [2.75, 3.05) is 0 Å². The van der Waals surface area contributed by atoms with E-state index in [4.69, 9.17) is 16.8 Å². The van der Waals surface area contributed by atoms with E-state index in [1.54, 1.807) is 0 Å². The quantitative estimate of drug-likeness (QED) is 0.180. The predicted octanol–water partition coefficient (Wildman–Crippen LogP) is 15.5. The van der Waals surface area contributed by atoms with Gasteiger partial charge in [0.05, 0.1) is 11.3 Å². The second-order valence-electron chi connectivity index (χ2n) is 13.6. The standard InChI is InChI=1S/C45H32O4P2/c1-5-14-32-28(10-1)20-24-36-42(32)43-33-15-6-2-11-29(33)21-25-37(43)47-50(46-36)40-18-9-19-41(40)51-48-38-26-22-30-12-3-7-16-34(30)44(38)45-35-17-8-4-13-31(35)23-27-39(45)49-51/h1-8,10-17,20-27,40-41H,9,18-19H2/t40-,41-/m0/s1. The number of benzene rings is 8. The zero-order valence-electron chi connectivity index (χ0n) is 27.7. The van der Waals surface area contributed by atoms with E-state index >= 15 is 0 Å². The summed E-state index contributed by atoms with van der Waals surface area (Å²) in [7, 11) is -2.78. The van der Waals surface area contributed by atoms with Gasteiger partial charge in [-0.05, 0) is 80.2 Å². The average Bonchev–Trinajstić information content (AvgIpc) is 3.52. The highest BCUT2D eigenvalue weighted by atomic mass is 31.1. The van der Waals surface area contributed by atoms with E-state index in [2.05, 4.69) is 146 Å². The molecule has 1 saturated carbocycles. The molecule has 11 rings (SSSR count). The molecule has 6 heteroatoms. The van der Waals surface area contributed by atoms with Crippen molar-refractivity contribution < 1.29 is 16.8 Å². The Hall–Kier alpha value is -5.40. The predicted molar refractivity (Wildman–Crippen MR) is 215 cm³/mol. The summed E-state index contributed by atoms with van der Waals surface area (Å²) in [5.41, 5.74) is 3.76. The first-order chi connectivity index (χ1) is 25.3. The van der Waals surface area contributed by atoms with Gasteiger partial charge in [0.2, 0.25) is 16.0 Å².